The molecule has 2 unspecified atom stereocenters. The number of hydrogen-bond acceptors (Lipinski definition) is 8. The molecule has 1 aliphatic rings. The molecular weight excluding hydrogens is 484 g/mol. The van der Waals surface area contributed by atoms with E-state index < -0.39 is 16.8 Å². The number of nitrogens with zero attached hydrogens (tertiary/aromatic N) is 4. The molecule has 0 spiro atoms. The maximum absolute atomic E-state index is 13.2. The molecule has 1 aliphatic heterocycles. The Morgan fingerprint density at radius 3 is 1.68 bits per heavy atom. The van der Waals surface area contributed by atoms with Gasteiger partial charge in [0, 0.05) is 30.9 Å². The first-order valence-corrected chi connectivity index (χ1v) is 12.3. The smallest absolute Gasteiger partial charge is 0.269 e. The van der Waals surface area contributed by atoms with Gasteiger partial charge >= 0.3 is 0 Å². The molecule has 0 radical (unpaired) electrons. The highest BCUT2D eigenvalue weighted by atomic mass is 16.6. The van der Waals surface area contributed by atoms with Crippen molar-refractivity contribution in [2.75, 3.05) is 18.0 Å². The number of benzene rings is 3. The van der Waals surface area contributed by atoms with Gasteiger partial charge < -0.3 is 14.6 Å². The minimum Gasteiger partial charge on any atom is -0.391 e. The predicted octanol–water partition coefficient (Wildman–Crippen LogP) is 5.24. The Morgan fingerprint density at radius 2 is 1.26 bits per heavy atom. The average Bonchev–Trinajstić information content (AvgIpc) is 2.92. The van der Waals surface area contributed by atoms with Crippen LogP contribution in [0.5, 0.6) is 0 Å². The van der Waals surface area contributed by atoms with Crippen molar-refractivity contribution in [1.29, 1.82) is 0 Å². The van der Waals surface area contributed by atoms with Gasteiger partial charge in [-0.15, -0.1) is 0 Å². The van der Waals surface area contributed by atoms with E-state index in [1.807, 2.05) is 67.3 Å². The zero-order chi connectivity index (χ0) is 26.9. The lowest BCUT2D eigenvalue weighted by atomic mass is 9.88. The topological polar surface area (TPSA) is 107 Å². The lowest BCUT2D eigenvalue weighted by molar-refractivity contribution is -0.384. The summed E-state index contributed by atoms with van der Waals surface area (Å²) >= 11 is 0. The average molecular weight is 515 g/mol. The summed E-state index contributed by atoms with van der Waals surface area (Å²) in [6.45, 7) is 5.34. The van der Waals surface area contributed by atoms with Gasteiger partial charge in [0.2, 0.25) is 0 Å². The zero-order valence-electron chi connectivity index (χ0n) is 21.4. The first kappa shape index (κ1) is 26.5. The fraction of sp³-hybridized carbons (Fsp3) is 0.276. The standard InChI is InChI=1S/C29H30N4O5/c1-21-3-7-23(8-4-21)19-37-30-15-25-17-32(27-11-13-28(14-12-27)33(35)36)18-26(29(25)34)16-31-38-20-24-9-5-22(2)6-10-24/h3-16,25-26H,17-20H2,1-2H3/b30-15+,31-16+. The van der Waals surface area contributed by atoms with Crippen LogP contribution in [0.15, 0.2) is 83.1 Å². The molecule has 9 heteroatoms. The second kappa shape index (κ2) is 12.6. The summed E-state index contributed by atoms with van der Waals surface area (Å²) in [5, 5.41) is 19.2. The number of anilines is 1. The van der Waals surface area contributed by atoms with Gasteiger partial charge in [-0.3, -0.25) is 14.9 Å². The van der Waals surface area contributed by atoms with Gasteiger partial charge in [-0.05, 0) is 37.1 Å². The van der Waals surface area contributed by atoms with Crippen LogP contribution in [0.3, 0.4) is 0 Å². The largest absolute Gasteiger partial charge is 0.391 e. The highest BCUT2D eigenvalue weighted by molar-refractivity contribution is 6.05. The van der Waals surface area contributed by atoms with Crippen molar-refractivity contribution in [3.8, 4) is 0 Å². The summed E-state index contributed by atoms with van der Waals surface area (Å²) in [6.07, 6.45) is 3.03. The maximum Gasteiger partial charge on any atom is 0.269 e. The summed E-state index contributed by atoms with van der Waals surface area (Å²) in [5.74, 6) is -1.15. The Balaban J connectivity index is 1.43. The number of nitro benzene ring substituents is 1. The van der Waals surface area contributed by atoms with Crippen LogP contribution < -0.4 is 4.90 Å². The molecule has 3 aromatic carbocycles. The van der Waals surface area contributed by atoms with Gasteiger partial charge in [0.15, 0.2) is 5.78 Å². The Kier molecular flexibility index (Phi) is 8.81. The van der Waals surface area contributed by atoms with E-state index in [9.17, 15) is 14.9 Å². The molecule has 1 heterocycles. The van der Waals surface area contributed by atoms with Gasteiger partial charge in [-0.25, -0.2) is 0 Å². The third-order valence-electron chi connectivity index (χ3n) is 6.33. The molecular formula is C29H30N4O5. The van der Waals surface area contributed by atoms with E-state index in [-0.39, 0.29) is 11.5 Å². The van der Waals surface area contributed by atoms with Crippen LogP contribution in [0, 0.1) is 35.8 Å². The van der Waals surface area contributed by atoms with Crippen LogP contribution in [0.1, 0.15) is 22.3 Å². The molecule has 0 aliphatic carbocycles. The Labute approximate surface area is 221 Å². The minimum atomic E-state index is -0.550. The first-order chi connectivity index (χ1) is 18.4. The van der Waals surface area contributed by atoms with E-state index in [1.54, 1.807) is 12.1 Å². The number of carbonyl (C=O) groups is 1. The molecule has 0 N–H and O–H groups in total. The second-order valence-electron chi connectivity index (χ2n) is 9.32. The predicted molar refractivity (Wildman–Crippen MR) is 146 cm³/mol. The monoisotopic (exact) mass is 514 g/mol. The van der Waals surface area contributed by atoms with Crippen molar-refractivity contribution in [2.24, 2.45) is 22.1 Å². The van der Waals surface area contributed by atoms with E-state index in [0.29, 0.717) is 26.3 Å². The van der Waals surface area contributed by atoms with E-state index in [4.69, 9.17) is 9.68 Å². The summed E-state index contributed by atoms with van der Waals surface area (Å²) in [7, 11) is 0. The highest BCUT2D eigenvalue weighted by Gasteiger charge is 2.34. The molecule has 0 aromatic heterocycles. The normalized spacial score (nSPS) is 17.7. The van der Waals surface area contributed by atoms with Crippen molar-refractivity contribution in [3.05, 3.63) is 105 Å². The zero-order valence-corrected chi connectivity index (χ0v) is 21.4. The fourth-order valence-corrected chi connectivity index (χ4v) is 4.07. The lowest BCUT2D eigenvalue weighted by Crippen LogP contribution is -2.48. The number of carbonyl (C=O) groups excluding carboxylic acids is 1. The summed E-state index contributed by atoms with van der Waals surface area (Å²) in [6, 6.07) is 22.1. The van der Waals surface area contributed by atoms with Crippen molar-refractivity contribution in [1.82, 2.24) is 0 Å². The van der Waals surface area contributed by atoms with Crippen molar-refractivity contribution in [3.63, 3.8) is 0 Å². The SMILES string of the molecule is Cc1ccc(CO/N=C/C2CN(c3ccc([N+](=O)[O-])cc3)CC(/C=N/OCc3ccc(C)cc3)C2=O)cc1. The van der Waals surface area contributed by atoms with E-state index in [0.717, 1.165) is 27.9 Å². The molecule has 3 aromatic rings. The third-order valence-corrected chi connectivity index (χ3v) is 6.33. The molecule has 9 nitrogen and oxygen atoms in total. The molecule has 4 rings (SSSR count). The number of non-ortho nitro benzene ring substituents is 1. The Bertz CT molecular complexity index is 1220. The van der Waals surface area contributed by atoms with Crippen molar-refractivity contribution >= 4 is 29.6 Å². The number of aryl methyl sites for hydroxylation is 2. The lowest BCUT2D eigenvalue weighted by Gasteiger charge is -2.35. The van der Waals surface area contributed by atoms with Crippen molar-refractivity contribution in [2.45, 2.75) is 27.1 Å². The number of nitro groups is 1. The minimum absolute atomic E-state index is 0.00655. The van der Waals surface area contributed by atoms with Crippen LogP contribution in [0.25, 0.3) is 0 Å². The van der Waals surface area contributed by atoms with Crippen LogP contribution in [0.2, 0.25) is 0 Å². The molecule has 196 valence electrons. The van der Waals surface area contributed by atoms with Crippen LogP contribution in [0.4, 0.5) is 11.4 Å². The van der Waals surface area contributed by atoms with Gasteiger partial charge in [0.25, 0.3) is 5.69 Å². The molecule has 0 bridgehead atoms. The van der Waals surface area contributed by atoms with Crippen LogP contribution in [-0.2, 0) is 27.7 Å². The van der Waals surface area contributed by atoms with Gasteiger partial charge in [-0.2, -0.15) is 0 Å². The number of rotatable bonds is 10. The molecule has 1 saturated heterocycles. The fourth-order valence-electron chi connectivity index (χ4n) is 4.07. The van der Waals surface area contributed by atoms with E-state index in [1.165, 1.54) is 24.6 Å². The molecule has 38 heavy (non-hydrogen) atoms. The van der Waals surface area contributed by atoms with Gasteiger partial charge in [0.1, 0.15) is 13.2 Å². The third kappa shape index (κ3) is 7.25. The van der Waals surface area contributed by atoms with Crippen LogP contribution in [-0.4, -0.2) is 36.2 Å². The van der Waals surface area contributed by atoms with E-state index in [2.05, 4.69) is 10.3 Å². The number of ketones is 1. The summed E-state index contributed by atoms with van der Waals surface area (Å²) in [4.78, 5) is 36.7. The maximum atomic E-state index is 13.2. The summed E-state index contributed by atoms with van der Waals surface area (Å²) in [5.41, 5.74) is 5.05. The Hall–Kier alpha value is -4.53. The van der Waals surface area contributed by atoms with E-state index >= 15 is 0 Å². The number of oxime groups is 2. The number of hydrogen-bond donors (Lipinski definition) is 0. The molecule has 0 amide bonds. The molecule has 2 atom stereocenters. The number of Topliss-reactive ketones (excluding diaryl/α,β-unsaturated/α-hetero) is 1. The number of piperidine rings is 1. The first-order valence-electron chi connectivity index (χ1n) is 12.3. The second-order valence-corrected chi connectivity index (χ2v) is 9.32. The van der Waals surface area contributed by atoms with Crippen molar-refractivity contribution < 1.29 is 19.4 Å². The molecule has 0 saturated carbocycles. The van der Waals surface area contributed by atoms with Gasteiger partial charge in [0.05, 0.1) is 29.2 Å². The highest BCUT2D eigenvalue weighted by Crippen LogP contribution is 2.25. The Morgan fingerprint density at radius 1 is 0.816 bits per heavy atom. The van der Waals surface area contributed by atoms with Crippen LogP contribution >= 0.6 is 0 Å². The summed E-state index contributed by atoms with van der Waals surface area (Å²) < 4.78 is 0. The quantitative estimate of drug-likeness (QED) is 0.208. The van der Waals surface area contributed by atoms with Gasteiger partial charge in [-0.1, -0.05) is 70.0 Å². The molecule has 1 fully saturated rings.